The van der Waals surface area contributed by atoms with Gasteiger partial charge >= 0.3 is 6.03 Å². The Bertz CT molecular complexity index is 1120. The minimum Gasteiger partial charge on any atom is -0.334 e. The lowest BCUT2D eigenvalue weighted by atomic mass is 10.0. The minimum atomic E-state index is -0.127. The van der Waals surface area contributed by atoms with Gasteiger partial charge in [-0.2, -0.15) is 0 Å². The minimum absolute atomic E-state index is 0.127. The van der Waals surface area contributed by atoms with Gasteiger partial charge in [0.05, 0.1) is 6.54 Å². The number of rotatable bonds is 10. The summed E-state index contributed by atoms with van der Waals surface area (Å²) < 4.78 is 0. The van der Waals surface area contributed by atoms with Crippen molar-refractivity contribution in [3.63, 3.8) is 0 Å². The molecule has 3 atom stereocenters. The summed E-state index contributed by atoms with van der Waals surface area (Å²) in [6, 6.07) is 27.2. The Morgan fingerprint density at radius 2 is 1.60 bits per heavy atom. The third-order valence-corrected chi connectivity index (χ3v) is 7.11. The number of carbonyl (C=O) groups is 1. The highest BCUT2D eigenvalue weighted by atomic mass is 16.2. The molecule has 4 rings (SSSR count). The second-order valence-corrected chi connectivity index (χ2v) is 9.72. The van der Waals surface area contributed by atoms with E-state index in [0.717, 1.165) is 36.9 Å². The van der Waals surface area contributed by atoms with Crippen LogP contribution in [0.25, 0.3) is 11.1 Å². The van der Waals surface area contributed by atoms with Crippen LogP contribution < -0.4 is 10.2 Å². The maximum atomic E-state index is 13.4. The summed E-state index contributed by atoms with van der Waals surface area (Å²) in [7, 11) is 0. The molecule has 1 aliphatic rings. The lowest BCUT2D eigenvalue weighted by Crippen LogP contribution is -2.45. The highest BCUT2D eigenvalue weighted by Gasteiger charge is 2.40. The molecule has 0 radical (unpaired) electrons. The standard InChI is InChI=1S/C31H37N3O/c1-4-9-23-12-14-24(15-13-23)25-16-18-27(19-17-25)34(21-29(32)22(3)5-2)31(35)33-30-20-28(30)26-10-7-6-8-11-26/h6-8,10-19,22,28,30,32H,4-5,9,20-21H2,1-3H3,(H,33,35)/t22-,28+,30-/m0/s1. The second kappa shape index (κ2) is 11.4. The molecular weight excluding hydrogens is 430 g/mol. The molecule has 0 bridgehead atoms. The molecule has 4 nitrogen and oxygen atoms in total. The fraction of sp³-hybridized carbons (Fsp3) is 0.355. The van der Waals surface area contributed by atoms with E-state index >= 15 is 0 Å². The van der Waals surface area contributed by atoms with Crippen LogP contribution in [-0.2, 0) is 6.42 Å². The molecule has 1 saturated carbocycles. The van der Waals surface area contributed by atoms with E-state index < -0.39 is 0 Å². The van der Waals surface area contributed by atoms with E-state index in [0.29, 0.717) is 18.2 Å². The topological polar surface area (TPSA) is 56.2 Å². The SMILES string of the molecule is CCCc1ccc(-c2ccc(N(CC(=N)[C@@H](C)CC)C(=O)N[C@H]3C[C@@H]3c3ccccc3)cc2)cc1. The molecule has 4 heteroatoms. The number of nitrogens with zero attached hydrogens (tertiary/aromatic N) is 1. The van der Waals surface area contributed by atoms with Crippen LogP contribution in [-0.4, -0.2) is 24.3 Å². The summed E-state index contributed by atoms with van der Waals surface area (Å²) >= 11 is 0. The smallest absolute Gasteiger partial charge is 0.322 e. The molecular formula is C31H37N3O. The van der Waals surface area contributed by atoms with E-state index in [1.54, 1.807) is 4.90 Å². The summed E-state index contributed by atoms with van der Waals surface area (Å²) in [5.41, 5.74) is 6.32. The summed E-state index contributed by atoms with van der Waals surface area (Å²) in [6.45, 7) is 6.63. The number of amides is 2. The number of carbonyl (C=O) groups excluding carboxylic acids is 1. The van der Waals surface area contributed by atoms with E-state index in [4.69, 9.17) is 5.41 Å². The average Bonchev–Trinajstić information content (AvgIpc) is 3.67. The van der Waals surface area contributed by atoms with Gasteiger partial charge in [-0.25, -0.2) is 4.79 Å². The number of urea groups is 1. The van der Waals surface area contributed by atoms with Crippen LogP contribution in [0, 0.1) is 11.3 Å². The van der Waals surface area contributed by atoms with Crippen LogP contribution in [0.2, 0.25) is 0 Å². The average molecular weight is 468 g/mol. The van der Waals surface area contributed by atoms with Crippen molar-refractivity contribution < 1.29 is 4.79 Å². The van der Waals surface area contributed by atoms with E-state index in [-0.39, 0.29) is 18.0 Å². The maximum Gasteiger partial charge on any atom is 0.322 e. The number of anilines is 1. The van der Waals surface area contributed by atoms with E-state index in [1.807, 2.05) is 30.3 Å². The number of aryl methyl sites for hydroxylation is 1. The van der Waals surface area contributed by atoms with Gasteiger partial charge in [-0.1, -0.05) is 93.9 Å². The first kappa shape index (κ1) is 24.7. The fourth-order valence-electron chi connectivity index (χ4n) is 4.50. The predicted octanol–water partition coefficient (Wildman–Crippen LogP) is 7.44. The van der Waals surface area contributed by atoms with Crippen LogP contribution in [0.1, 0.15) is 57.1 Å². The normalized spacial score (nSPS) is 17.5. The Hall–Kier alpha value is -3.40. The van der Waals surface area contributed by atoms with Crippen molar-refractivity contribution in [3.05, 3.63) is 90.0 Å². The van der Waals surface area contributed by atoms with Crippen molar-refractivity contribution in [2.75, 3.05) is 11.4 Å². The molecule has 1 aliphatic carbocycles. The number of nitrogens with one attached hydrogen (secondary N) is 2. The summed E-state index contributed by atoms with van der Waals surface area (Å²) in [6.07, 6.45) is 4.08. The van der Waals surface area contributed by atoms with Gasteiger partial charge in [0.1, 0.15) is 0 Å². The zero-order valence-corrected chi connectivity index (χ0v) is 21.1. The third kappa shape index (κ3) is 6.19. The molecule has 0 heterocycles. The van der Waals surface area contributed by atoms with Gasteiger partial charge in [-0.3, -0.25) is 4.90 Å². The Balaban J connectivity index is 1.49. The van der Waals surface area contributed by atoms with Crippen molar-refractivity contribution in [2.45, 2.75) is 58.4 Å². The van der Waals surface area contributed by atoms with Crippen molar-refractivity contribution in [1.29, 1.82) is 5.41 Å². The predicted molar refractivity (Wildman–Crippen MR) is 147 cm³/mol. The Morgan fingerprint density at radius 3 is 2.20 bits per heavy atom. The van der Waals surface area contributed by atoms with Gasteiger partial charge in [0, 0.05) is 23.4 Å². The van der Waals surface area contributed by atoms with Gasteiger partial charge in [-0.15, -0.1) is 0 Å². The summed E-state index contributed by atoms with van der Waals surface area (Å²) in [5, 5.41) is 11.8. The quantitative estimate of drug-likeness (QED) is 0.299. The molecule has 2 amide bonds. The van der Waals surface area contributed by atoms with Gasteiger partial charge in [0.15, 0.2) is 0 Å². The van der Waals surface area contributed by atoms with E-state index in [1.165, 1.54) is 16.7 Å². The van der Waals surface area contributed by atoms with Gasteiger partial charge in [-0.05, 0) is 59.6 Å². The zero-order chi connectivity index (χ0) is 24.8. The molecule has 3 aromatic rings. The monoisotopic (exact) mass is 467 g/mol. The van der Waals surface area contributed by atoms with Crippen molar-refractivity contribution in [2.24, 2.45) is 5.92 Å². The van der Waals surface area contributed by atoms with Crippen LogP contribution in [0.3, 0.4) is 0 Å². The molecule has 0 aliphatic heterocycles. The molecule has 182 valence electrons. The largest absolute Gasteiger partial charge is 0.334 e. The lowest BCUT2D eigenvalue weighted by Gasteiger charge is -2.25. The molecule has 1 fully saturated rings. The first-order valence-corrected chi connectivity index (χ1v) is 12.9. The van der Waals surface area contributed by atoms with Gasteiger partial charge < -0.3 is 10.7 Å². The Kier molecular flexibility index (Phi) is 8.02. The van der Waals surface area contributed by atoms with Crippen LogP contribution in [0.4, 0.5) is 10.5 Å². The summed E-state index contributed by atoms with van der Waals surface area (Å²) in [5.74, 6) is 0.512. The number of hydrogen-bond acceptors (Lipinski definition) is 2. The van der Waals surface area contributed by atoms with E-state index in [9.17, 15) is 4.79 Å². The van der Waals surface area contributed by atoms with Gasteiger partial charge in [0.2, 0.25) is 0 Å². The third-order valence-electron chi connectivity index (χ3n) is 7.11. The molecule has 0 aromatic heterocycles. The molecule has 3 aromatic carbocycles. The van der Waals surface area contributed by atoms with E-state index in [2.05, 4.69) is 74.6 Å². The van der Waals surface area contributed by atoms with Gasteiger partial charge in [0.25, 0.3) is 0 Å². The second-order valence-electron chi connectivity index (χ2n) is 9.72. The molecule has 2 N–H and O–H groups in total. The van der Waals surface area contributed by atoms with Crippen LogP contribution in [0.5, 0.6) is 0 Å². The molecule has 0 spiro atoms. The number of benzene rings is 3. The van der Waals surface area contributed by atoms with Crippen LogP contribution in [0.15, 0.2) is 78.9 Å². The highest BCUT2D eigenvalue weighted by molar-refractivity contribution is 6.00. The maximum absolute atomic E-state index is 13.4. The highest BCUT2D eigenvalue weighted by Crippen LogP contribution is 2.40. The molecule has 35 heavy (non-hydrogen) atoms. The molecule has 0 unspecified atom stereocenters. The van der Waals surface area contributed by atoms with Crippen molar-refractivity contribution in [1.82, 2.24) is 5.32 Å². The van der Waals surface area contributed by atoms with Crippen molar-refractivity contribution in [3.8, 4) is 11.1 Å². The lowest BCUT2D eigenvalue weighted by molar-refractivity contribution is 0.246. The molecule has 0 saturated heterocycles. The van der Waals surface area contributed by atoms with Crippen molar-refractivity contribution >= 4 is 17.4 Å². The first-order valence-electron chi connectivity index (χ1n) is 12.9. The summed E-state index contributed by atoms with van der Waals surface area (Å²) in [4.78, 5) is 15.1. The fourth-order valence-corrected chi connectivity index (χ4v) is 4.50. The van der Waals surface area contributed by atoms with Crippen LogP contribution >= 0.6 is 0 Å². The Morgan fingerprint density at radius 1 is 0.971 bits per heavy atom. The zero-order valence-electron chi connectivity index (χ0n) is 21.1. The Labute approximate surface area is 209 Å². The number of hydrogen-bond donors (Lipinski definition) is 2. The first-order chi connectivity index (χ1) is 17.0.